The first-order chi connectivity index (χ1) is 9.16. The molecule has 0 aliphatic heterocycles. The molecule has 100 valence electrons. The van der Waals surface area contributed by atoms with Crippen LogP contribution in [0.3, 0.4) is 0 Å². The first-order valence-corrected chi connectivity index (χ1v) is 7.18. The Kier molecular flexibility index (Phi) is 4.71. The molecule has 0 aliphatic rings. The van der Waals surface area contributed by atoms with Gasteiger partial charge in [-0.25, -0.2) is 0 Å². The highest BCUT2D eigenvalue weighted by Crippen LogP contribution is 2.18. The van der Waals surface area contributed by atoms with E-state index in [9.17, 15) is 4.79 Å². The summed E-state index contributed by atoms with van der Waals surface area (Å²) < 4.78 is 0. The van der Waals surface area contributed by atoms with Crippen molar-refractivity contribution in [1.29, 1.82) is 0 Å². The van der Waals surface area contributed by atoms with Crippen molar-refractivity contribution in [1.82, 2.24) is 5.32 Å². The van der Waals surface area contributed by atoms with Crippen molar-refractivity contribution < 1.29 is 4.79 Å². The van der Waals surface area contributed by atoms with E-state index in [0.717, 1.165) is 10.4 Å². The summed E-state index contributed by atoms with van der Waals surface area (Å²) in [6.07, 6.45) is 0.559. The van der Waals surface area contributed by atoms with Crippen LogP contribution in [0.15, 0.2) is 47.8 Å². The maximum atomic E-state index is 12.0. The topological polar surface area (TPSA) is 55.1 Å². The summed E-state index contributed by atoms with van der Waals surface area (Å²) >= 11 is 1.63. The number of hydrogen-bond donors (Lipinski definition) is 2. The Morgan fingerprint density at radius 3 is 2.63 bits per heavy atom. The quantitative estimate of drug-likeness (QED) is 0.880. The highest BCUT2D eigenvalue weighted by Gasteiger charge is 2.17. The van der Waals surface area contributed by atoms with Gasteiger partial charge in [-0.15, -0.1) is 11.3 Å². The lowest BCUT2D eigenvalue weighted by Crippen LogP contribution is -2.42. The van der Waals surface area contributed by atoms with Crippen molar-refractivity contribution in [2.24, 2.45) is 5.73 Å². The minimum absolute atomic E-state index is 0.00863. The third kappa shape index (κ3) is 3.91. The molecular formula is C15H18N2OS. The lowest BCUT2D eigenvalue weighted by atomic mass is 10.1. The highest BCUT2D eigenvalue weighted by molar-refractivity contribution is 7.10. The van der Waals surface area contributed by atoms with Crippen LogP contribution in [-0.4, -0.2) is 11.9 Å². The highest BCUT2D eigenvalue weighted by atomic mass is 32.1. The summed E-state index contributed by atoms with van der Waals surface area (Å²) in [5.41, 5.74) is 7.02. The zero-order chi connectivity index (χ0) is 13.7. The lowest BCUT2D eigenvalue weighted by Gasteiger charge is -2.16. The average Bonchev–Trinajstić information content (AvgIpc) is 2.93. The van der Waals surface area contributed by atoms with Crippen LogP contribution < -0.4 is 11.1 Å². The molecule has 4 heteroatoms. The predicted molar refractivity (Wildman–Crippen MR) is 79.0 cm³/mol. The molecule has 0 radical (unpaired) electrons. The number of nitrogens with one attached hydrogen (secondary N) is 1. The van der Waals surface area contributed by atoms with E-state index in [-0.39, 0.29) is 11.9 Å². The van der Waals surface area contributed by atoms with Crippen LogP contribution in [0.1, 0.15) is 23.4 Å². The zero-order valence-corrected chi connectivity index (χ0v) is 11.7. The lowest BCUT2D eigenvalue weighted by molar-refractivity contribution is -0.122. The molecular weight excluding hydrogens is 256 g/mol. The molecule has 0 unspecified atom stereocenters. The fourth-order valence-electron chi connectivity index (χ4n) is 1.89. The molecule has 2 rings (SSSR count). The van der Waals surface area contributed by atoms with Crippen molar-refractivity contribution in [2.45, 2.75) is 25.4 Å². The van der Waals surface area contributed by atoms with E-state index in [4.69, 9.17) is 5.73 Å². The smallest absolute Gasteiger partial charge is 0.237 e. The van der Waals surface area contributed by atoms with Crippen molar-refractivity contribution in [3.63, 3.8) is 0 Å². The van der Waals surface area contributed by atoms with E-state index in [1.807, 2.05) is 54.8 Å². The Labute approximate surface area is 117 Å². The molecule has 1 aromatic heterocycles. The number of carbonyl (C=O) groups excluding carboxylic acids is 1. The molecule has 3 nitrogen and oxygen atoms in total. The van der Waals surface area contributed by atoms with Gasteiger partial charge in [0, 0.05) is 4.88 Å². The molecule has 0 spiro atoms. The first kappa shape index (κ1) is 13.8. The van der Waals surface area contributed by atoms with Gasteiger partial charge in [0.15, 0.2) is 0 Å². The monoisotopic (exact) mass is 274 g/mol. The van der Waals surface area contributed by atoms with Crippen LogP contribution in [0.5, 0.6) is 0 Å². The van der Waals surface area contributed by atoms with E-state index in [0.29, 0.717) is 6.42 Å². The van der Waals surface area contributed by atoms with Gasteiger partial charge in [-0.3, -0.25) is 4.79 Å². The zero-order valence-electron chi connectivity index (χ0n) is 10.9. The van der Waals surface area contributed by atoms with Crippen molar-refractivity contribution in [3.05, 3.63) is 58.3 Å². The van der Waals surface area contributed by atoms with E-state index in [1.165, 1.54) is 0 Å². The standard InChI is InChI=1S/C15H18N2OS/c1-11(14-8-5-9-19-14)17-15(18)13(16)10-12-6-3-2-4-7-12/h2-9,11,13H,10,16H2,1H3,(H,17,18)/t11-,13-/m0/s1. The van der Waals surface area contributed by atoms with Crippen molar-refractivity contribution in [2.75, 3.05) is 0 Å². The maximum absolute atomic E-state index is 12.0. The fourth-order valence-corrected chi connectivity index (χ4v) is 2.62. The van der Waals surface area contributed by atoms with E-state index in [2.05, 4.69) is 5.32 Å². The maximum Gasteiger partial charge on any atom is 0.237 e. The van der Waals surface area contributed by atoms with E-state index >= 15 is 0 Å². The Balaban J connectivity index is 1.89. The van der Waals surface area contributed by atoms with Gasteiger partial charge in [-0.1, -0.05) is 36.4 Å². The van der Waals surface area contributed by atoms with Gasteiger partial charge in [0.1, 0.15) is 0 Å². The largest absolute Gasteiger partial charge is 0.347 e. The molecule has 0 aliphatic carbocycles. The molecule has 1 heterocycles. The molecule has 2 atom stereocenters. The molecule has 0 saturated carbocycles. The summed E-state index contributed by atoms with van der Waals surface area (Å²) in [7, 11) is 0. The number of hydrogen-bond acceptors (Lipinski definition) is 3. The average molecular weight is 274 g/mol. The minimum Gasteiger partial charge on any atom is -0.347 e. The third-order valence-corrected chi connectivity index (χ3v) is 4.02. The first-order valence-electron chi connectivity index (χ1n) is 6.30. The van der Waals surface area contributed by atoms with E-state index < -0.39 is 6.04 Å². The summed E-state index contributed by atoms with van der Waals surface area (Å²) in [4.78, 5) is 13.2. The van der Waals surface area contributed by atoms with Crippen LogP contribution in [0.2, 0.25) is 0 Å². The van der Waals surface area contributed by atoms with Crippen molar-refractivity contribution >= 4 is 17.2 Å². The van der Waals surface area contributed by atoms with Gasteiger partial charge in [0.2, 0.25) is 5.91 Å². The van der Waals surface area contributed by atoms with Crippen molar-refractivity contribution in [3.8, 4) is 0 Å². The van der Waals surface area contributed by atoms with Crippen LogP contribution in [0.4, 0.5) is 0 Å². The molecule has 19 heavy (non-hydrogen) atoms. The normalized spacial score (nSPS) is 13.8. The number of carbonyl (C=O) groups is 1. The van der Waals surface area contributed by atoms with Gasteiger partial charge in [-0.2, -0.15) is 0 Å². The summed E-state index contributed by atoms with van der Waals surface area (Å²) in [5, 5.41) is 4.95. The fraction of sp³-hybridized carbons (Fsp3) is 0.267. The van der Waals surface area contributed by atoms with Gasteiger partial charge in [-0.05, 0) is 30.4 Å². The number of nitrogens with two attached hydrogens (primary N) is 1. The van der Waals surface area contributed by atoms with Crippen LogP contribution >= 0.6 is 11.3 Å². The molecule has 3 N–H and O–H groups in total. The second-order valence-electron chi connectivity index (χ2n) is 4.54. The Morgan fingerprint density at radius 1 is 1.26 bits per heavy atom. The third-order valence-electron chi connectivity index (χ3n) is 2.96. The number of amides is 1. The molecule has 2 aromatic rings. The van der Waals surface area contributed by atoms with Crippen LogP contribution in [-0.2, 0) is 11.2 Å². The molecule has 1 aromatic carbocycles. The van der Waals surface area contributed by atoms with Crippen LogP contribution in [0.25, 0.3) is 0 Å². The number of thiophene rings is 1. The minimum atomic E-state index is -0.509. The summed E-state index contributed by atoms with van der Waals surface area (Å²) in [6.45, 7) is 1.97. The Hall–Kier alpha value is -1.65. The van der Waals surface area contributed by atoms with E-state index in [1.54, 1.807) is 11.3 Å². The van der Waals surface area contributed by atoms with Gasteiger partial charge < -0.3 is 11.1 Å². The SMILES string of the molecule is C[C@H](NC(=O)[C@@H](N)Cc1ccccc1)c1cccs1. The molecule has 0 fully saturated rings. The molecule has 0 bridgehead atoms. The predicted octanol–water partition coefficient (Wildman–Crippen LogP) is 2.50. The summed E-state index contributed by atoms with van der Waals surface area (Å²) in [5.74, 6) is -0.107. The second-order valence-corrected chi connectivity index (χ2v) is 5.52. The Bertz CT molecular complexity index is 510. The van der Waals surface area contributed by atoms with Gasteiger partial charge >= 0.3 is 0 Å². The number of benzene rings is 1. The Morgan fingerprint density at radius 2 is 2.00 bits per heavy atom. The second kappa shape index (κ2) is 6.50. The van der Waals surface area contributed by atoms with Crippen LogP contribution in [0, 0.1) is 0 Å². The number of rotatable bonds is 5. The molecule has 1 amide bonds. The van der Waals surface area contributed by atoms with Gasteiger partial charge in [0.25, 0.3) is 0 Å². The molecule has 0 saturated heterocycles. The summed E-state index contributed by atoms with van der Waals surface area (Å²) in [6, 6.07) is 13.3. The van der Waals surface area contributed by atoms with Gasteiger partial charge in [0.05, 0.1) is 12.1 Å².